The lowest BCUT2D eigenvalue weighted by atomic mass is 9.90. The van der Waals surface area contributed by atoms with E-state index in [0.29, 0.717) is 5.92 Å². The van der Waals surface area contributed by atoms with Crippen LogP contribution in [-0.2, 0) is 6.42 Å². The first-order chi connectivity index (χ1) is 6.38. The summed E-state index contributed by atoms with van der Waals surface area (Å²) in [5.74, 6) is 0.712. The van der Waals surface area contributed by atoms with Crippen LogP contribution in [0.2, 0.25) is 0 Å². The van der Waals surface area contributed by atoms with Crippen molar-refractivity contribution in [2.24, 2.45) is 0 Å². The van der Waals surface area contributed by atoms with Gasteiger partial charge in [0.15, 0.2) is 0 Å². The van der Waals surface area contributed by atoms with E-state index in [1.165, 1.54) is 18.4 Å². The first kappa shape index (κ1) is 8.76. The Labute approximate surface area is 80.2 Å². The van der Waals surface area contributed by atoms with Crippen LogP contribution >= 0.6 is 0 Å². The average molecular weight is 175 g/mol. The molecule has 1 atom stereocenters. The van der Waals surface area contributed by atoms with Crippen molar-refractivity contribution in [3.05, 3.63) is 35.4 Å². The predicted octanol–water partition coefficient (Wildman–Crippen LogP) is 2.33. The van der Waals surface area contributed by atoms with Crippen LogP contribution in [0.1, 0.15) is 30.4 Å². The molecule has 0 radical (unpaired) electrons. The maximum atomic E-state index is 3.46. The molecule has 0 saturated heterocycles. The van der Waals surface area contributed by atoms with Gasteiger partial charge in [0.25, 0.3) is 0 Å². The van der Waals surface area contributed by atoms with E-state index in [1.807, 2.05) is 0 Å². The van der Waals surface area contributed by atoms with Crippen LogP contribution in [0, 0.1) is 0 Å². The minimum Gasteiger partial charge on any atom is -0.316 e. The standard InChI is InChI=1S/C12H17N/c1-10-6-8-13-9-7-11-4-2-3-5-12(10)11/h2-5,10,13H,6-9H2,1H3. The van der Waals surface area contributed by atoms with Crippen LogP contribution in [0.5, 0.6) is 0 Å². The van der Waals surface area contributed by atoms with E-state index in [4.69, 9.17) is 0 Å². The molecule has 70 valence electrons. The topological polar surface area (TPSA) is 12.0 Å². The van der Waals surface area contributed by atoms with E-state index >= 15 is 0 Å². The van der Waals surface area contributed by atoms with Gasteiger partial charge in [-0.3, -0.25) is 0 Å². The zero-order valence-corrected chi connectivity index (χ0v) is 8.22. The summed E-state index contributed by atoms with van der Waals surface area (Å²) in [5.41, 5.74) is 3.09. The van der Waals surface area contributed by atoms with Crippen molar-refractivity contribution in [1.82, 2.24) is 5.32 Å². The summed E-state index contributed by atoms with van der Waals surface area (Å²) in [6, 6.07) is 8.85. The third kappa shape index (κ3) is 1.92. The molecule has 0 aliphatic carbocycles. The molecule has 1 aliphatic heterocycles. The molecule has 1 aliphatic rings. The molecule has 1 heterocycles. The van der Waals surface area contributed by atoms with Crippen molar-refractivity contribution in [3.8, 4) is 0 Å². The molecule has 1 nitrogen and oxygen atoms in total. The average Bonchev–Trinajstić information content (AvgIpc) is 2.14. The van der Waals surface area contributed by atoms with Crippen molar-refractivity contribution in [3.63, 3.8) is 0 Å². The lowest BCUT2D eigenvalue weighted by Crippen LogP contribution is -2.23. The van der Waals surface area contributed by atoms with Crippen molar-refractivity contribution in [2.45, 2.75) is 25.7 Å². The van der Waals surface area contributed by atoms with E-state index in [9.17, 15) is 0 Å². The molecule has 13 heavy (non-hydrogen) atoms. The minimum atomic E-state index is 0.712. The predicted molar refractivity (Wildman–Crippen MR) is 56.0 cm³/mol. The van der Waals surface area contributed by atoms with Crippen LogP contribution in [-0.4, -0.2) is 13.1 Å². The summed E-state index contributed by atoms with van der Waals surface area (Å²) in [4.78, 5) is 0. The summed E-state index contributed by atoms with van der Waals surface area (Å²) in [7, 11) is 0. The van der Waals surface area contributed by atoms with Gasteiger partial charge in [-0.2, -0.15) is 0 Å². The van der Waals surface area contributed by atoms with Crippen molar-refractivity contribution >= 4 is 0 Å². The van der Waals surface area contributed by atoms with E-state index in [0.717, 1.165) is 13.1 Å². The molecule has 1 N–H and O–H groups in total. The third-order valence-electron chi connectivity index (χ3n) is 2.91. The van der Waals surface area contributed by atoms with Gasteiger partial charge in [0.1, 0.15) is 0 Å². The number of rotatable bonds is 0. The van der Waals surface area contributed by atoms with Crippen LogP contribution in [0.4, 0.5) is 0 Å². The molecule has 0 spiro atoms. The molecule has 0 amide bonds. The maximum Gasteiger partial charge on any atom is -0.000824 e. The number of fused-ring (bicyclic) bond motifs is 1. The Bertz CT molecular complexity index is 280. The van der Waals surface area contributed by atoms with Gasteiger partial charge < -0.3 is 5.32 Å². The normalized spacial score (nSPS) is 23.0. The van der Waals surface area contributed by atoms with Crippen LogP contribution in [0.15, 0.2) is 24.3 Å². The van der Waals surface area contributed by atoms with Crippen LogP contribution < -0.4 is 5.32 Å². The molecular formula is C12H17N. The molecule has 0 bridgehead atoms. The molecule has 0 fully saturated rings. The number of hydrogen-bond donors (Lipinski definition) is 1. The Morgan fingerprint density at radius 2 is 2.08 bits per heavy atom. The van der Waals surface area contributed by atoms with Gasteiger partial charge in [-0.1, -0.05) is 31.2 Å². The SMILES string of the molecule is CC1CCNCCc2ccccc21. The largest absolute Gasteiger partial charge is 0.316 e. The Kier molecular flexibility index (Phi) is 2.65. The fourth-order valence-corrected chi connectivity index (χ4v) is 2.06. The first-order valence-electron chi connectivity index (χ1n) is 5.16. The maximum absolute atomic E-state index is 3.46. The lowest BCUT2D eigenvalue weighted by molar-refractivity contribution is 0.571. The van der Waals surface area contributed by atoms with Gasteiger partial charge in [-0.05, 0) is 43.0 Å². The monoisotopic (exact) mass is 175 g/mol. The third-order valence-corrected chi connectivity index (χ3v) is 2.91. The summed E-state index contributed by atoms with van der Waals surface area (Å²) in [6.45, 7) is 4.62. The smallest absolute Gasteiger partial charge is 0.000824 e. The summed E-state index contributed by atoms with van der Waals surface area (Å²) in [5, 5.41) is 3.46. The second kappa shape index (κ2) is 3.93. The molecule has 1 unspecified atom stereocenters. The highest BCUT2D eigenvalue weighted by molar-refractivity contribution is 5.30. The van der Waals surface area contributed by atoms with Gasteiger partial charge in [0, 0.05) is 0 Å². The van der Waals surface area contributed by atoms with Crippen molar-refractivity contribution < 1.29 is 0 Å². The van der Waals surface area contributed by atoms with E-state index in [-0.39, 0.29) is 0 Å². The zero-order chi connectivity index (χ0) is 9.10. The molecular weight excluding hydrogens is 158 g/mol. The van der Waals surface area contributed by atoms with E-state index in [1.54, 1.807) is 5.56 Å². The zero-order valence-electron chi connectivity index (χ0n) is 8.22. The van der Waals surface area contributed by atoms with Crippen molar-refractivity contribution in [1.29, 1.82) is 0 Å². The Morgan fingerprint density at radius 1 is 1.23 bits per heavy atom. The van der Waals surface area contributed by atoms with E-state index in [2.05, 4.69) is 36.5 Å². The van der Waals surface area contributed by atoms with E-state index < -0.39 is 0 Å². The second-order valence-corrected chi connectivity index (χ2v) is 3.89. The van der Waals surface area contributed by atoms with Crippen LogP contribution in [0.3, 0.4) is 0 Å². The molecule has 2 rings (SSSR count). The molecule has 0 saturated carbocycles. The summed E-state index contributed by atoms with van der Waals surface area (Å²) >= 11 is 0. The highest BCUT2D eigenvalue weighted by Gasteiger charge is 2.11. The van der Waals surface area contributed by atoms with Gasteiger partial charge in [0.05, 0.1) is 0 Å². The van der Waals surface area contributed by atoms with Crippen LogP contribution in [0.25, 0.3) is 0 Å². The minimum absolute atomic E-state index is 0.712. The Balaban J connectivity index is 2.31. The molecule has 1 aromatic rings. The Morgan fingerprint density at radius 3 is 3.00 bits per heavy atom. The second-order valence-electron chi connectivity index (χ2n) is 3.89. The fraction of sp³-hybridized carbons (Fsp3) is 0.500. The molecule has 0 aromatic heterocycles. The fourth-order valence-electron chi connectivity index (χ4n) is 2.06. The van der Waals surface area contributed by atoms with Gasteiger partial charge in [-0.15, -0.1) is 0 Å². The summed E-state index contributed by atoms with van der Waals surface area (Å²) < 4.78 is 0. The van der Waals surface area contributed by atoms with Crippen molar-refractivity contribution in [2.75, 3.05) is 13.1 Å². The Hall–Kier alpha value is -0.820. The lowest BCUT2D eigenvalue weighted by Gasteiger charge is -2.20. The first-order valence-corrected chi connectivity index (χ1v) is 5.16. The van der Waals surface area contributed by atoms with Gasteiger partial charge in [-0.25, -0.2) is 0 Å². The van der Waals surface area contributed by atoms with Gasteiger partial charge >= 0.3 is 0 Å². The molecule has 1 heteroatoms. The number of hydrogen-bond acceptors (Lipinski definition) is 1. The quantitative estimate of drug-likeness (QED) is 0.638. The highest BCUT2D eigenvalue weighted by atomic mass is 14.8. The van der Waals surface area contributed by atoms with Gasteiger partial charge in [0.2, 0.25) is 0 Å². The summed E-state index contributed by atoms with van der Waals surface area (Å²) in [6.07, 6.45) is 2.44. The molecule has 1 aromatic carbocycles. The number of nitrogens with one attached hydrogen (secondary N) is 1. The highest BCUT2D eigenvalue weighted by Crippen LogP contribution is 2.23. The number of benzene rings is 1.